The van der Waals surface area contributed by atoms with Crippen molar-refractivity contribution in [3.63, 3.8) is 0 Å². The Kier molecular flexibility index (Phi) is 3.71. The number of halogens is 3. The fourth-order valence-electron chi connectivity index (χ4n) is 2.70. The van der Waals surface area contributed by atoms with E-state index in [0.29, 0.717) is 16.3 Å². The first-order valence-corrected chi connectivity index (χ1v) is 6.99. The van der Waals surface area contributed by atoms with E-state index in [9.17, 15) is 23.7 Å². The zero-order chi connectivity index (χ0) is 17.3. The van der Waals surface area contributed by atoms with Gasteiger partial charge in [0.1, 0.15) is 12.1 Å². The smallest absolute Gasteiger partial charge is 0.192 e. The standard InChI is InChI=1S/C19H9F3N2/c20-19(21,22)15-6-3-5-13(9-15)18-16-7-2-1-4-12(16)8-14(10-23)17(18)11-24/h1-9H. The number of hydrogen-bond acceptors (Lipinski definition) is 2. The Morgan fingerprint density at radius 2 is 1.58 bits per heavy atom. The SMILES string of the molecule is N#Cc1cc2ccccc2c(-c2cccc(C(F)(F)F)c2)c1C#N. The van der Waals surface area contributed by atoms with Crippen LogP contribution in [0.3, 0.4) is 0 Å². The van der Waals surface area contributed by atoms with Crippen molar-refractivity contribution < 1.29 is 13.2 Å². The van der Waals surface area contributed by atoms with Gasteiger partial charge in [-0.1, -0.05) is 36.4 Å². The topological polar surface area (TPSA) is 47.6 Å². The number of fused-ring (bicyclic) bond motifs is 1. The third-order valence-corrected chi connectivity index (χ3v) is 3.76. The molecule has 0 spiro atoms. The normalized spacial score (nSPS) is 11.0. The molecule has 0 radical (unpaired) electrons. The van der Waals surface area contributed by atoms with Crippen molar-refractivity contribution in [2.45, 2.75) is 6.18 Å². The Balaban J connectivity index is 2.42. The van der Waals surface area contributed by atoms with Gasteiger partial charge in [0, 0.05) is 5.56 Å². The molecular weight excluding hydrogens is 313 g/mol. The minimum atomic E-state index is -4.48. The monoisotopic (exact) mass is 322 g/mol. The van der Waals surface area contributed by atoms with Gasteiger partial charge in [-0.2, -0.15) is 23.7 Å². The summed E-state index contributed by atoms with van der Waals surface area (Å²) >= 11 is 0. The Morgan fingerprint density at radius 3 is 2.25 bits per heavy atom. The fourth-order valence-corrected chi connectivity index (χ4v) is 2.70. The molecule has 0 aromatic heterocycles. The van der Waals surface area contributed by atoms with Crippen molar-refractivity contribution >= 4 is 10.8 Å². The van der Waals surface area contributed by atoms with Crippen molar-refractivity contribution in [2.24, 2.45) is 0 Å². The average molecular weight is 322 g/mol. The average Bonchev–Trinajstić information content (AvgIpc) is 2.59. The molecule has 3 aromatic rings. The summed E-state index contributed by atoms with van der Waals surface area (Å²) in [5.41, 5.74) is 0.0300. The van der Waals surface area contributed by atoms with Crippen LogP contribution in [0.4, 0.5) is 13.2 Å². The number of nitriles is 2. The van der Waals surface area contributed by atoms with E-state index in [2.05, 4.69) is 0 Å². The molecule has 0 heterocycles. The molecule has 3 rings (SSSR count). The van der Waals surface area contributed by atoms with E-state index in [-0.39, 0.29) is 16.7 Å². The molecule has 0 aliphatic carbocycles. The largest absolute Gasteiger partial charge is 0.416 e. The maximum Gasteiger partial charge on any atom is 0.416 e. The van der Waals surface area contributed by atoms with Crippen LogP contribution < -0.4 is 0 Å². The van der Waals surface area contributed by atoms with E-state index in [0.717, 1.165) is 12.1 Å². The van der Waals surface area contributed by atoms with Gasteiger partial charge in [-0.25, -0.2) is 0 Å². The lowest BCUT2D eigenvalue weighted by molar-refractivity contribution is -0.137. The van der Waals surface area contributed by atoms with Gasteiger partial charge in [0.15, 0.2) is 0 Å². The van der Waals surface area contributed by atoms with E-state index in [1.165, 1.54) is 12.1 Å². The Labute approximate surface area is 136 Å². The predicted molar refractivity (Wildman–Crippen MR) is 83.8 cm³/mol. The summed E-state index contributed by atoms with van der Waals surface area (Å²) in [4.78, 5) is 0. The molecule has 2 nitrogen and oxygen atoms in total. The molecule has 3 aromatic carbocycles. The second-order valence-corrected chi connectivity index (χ2v) is 5.20. The molecule has 0 atom stereocenters. The quantitative estimate of drug-likeness (QED) is 0.613. The first-order chi connectivity index (χ1) is 11.5. The molecule has 0 saturated heterocycles. The summed E-state index contributed by atoms with van der Waals surface area (Å²) in [6.45, 7) is 0. The van der Waals surface area contributed by atoms with Gasteiger partial charge in [0.05, 0.1) is 16.7 Å². The van der Waals surface area contributed by atoms with Crippen LogP contribution in [-0.2, 0) is 6.18 Å². The van der Waals surface area contributed by atoms with E-state index in [1.807, 2.05) is 12.1 Å². The van der Waals surface area contributed by atoms with Crippen LogP contribution in [0.5, 0.6) is 0 Å². The molecule has 24 heavy (non-hydrogen) atoms. The molecule has 0 bridgehead atoms. The zero-order valence-electron chi connectivity index (χ0n) is 12.2. The number of nitrogens with zero attached hydrogens (tertiary/aromatic N) is 2. The minimum Gasteiger partial charge on any atom is -0.192 e. The number of benzene rings is 3. The van der Waals surface area contributed by atoms with Crippen LogP contribution in [0, 0.1) is 22.7 Å². The first kappa shape index (κ1) is 15.6. The molecule has 0 aliphatic rings. The summed E-state index contributed by atoms with van der Waals surface area (Å²) in [7, 11) is 0. The molecule has 5 heteroatoms. The van der Waals surface area contributed by atoms with Gasteiger partial charge in [0.25, 0.3) is 0 Å². The highest BCUT2D eigenvalue weighted by Gasteiger charge is 2.30. The van der Waals surface area contributed by atoms with Crippen molar-refractivity contribution in [1.82, 2.24) is 0 Å². The number of alkyl halides is 3. The summed E-state index contributed by atoms with van der Waals surface area (Å²) in [5, 5.41) is 20.1. The van der Waals surface area contributed by atoms with Crippen molar-refractivity contribution in [1.29, 1.82) is 10.5 Å². The lowest BCUT2D eigenvalue weighted by Crippen LogP contribution is -2.04. The van der Waals surface area contributed by atoms with Gasteiger partial charge < -0.3 is 0 Å². The van der Waals surface area contributed by atoms with E-state index in [4.69, 9.17) is 0 Å². The molecule has 0 aliphatic heterocycles. The highest BCUT2D eigenvalue weighted by atomic mass is 19.4. The van der Waals surface area contributed by atoms with Gasteiger partial charge in [-0.05, 0) is 34.5 Å². The van der Waals surface area contributed by atoms with Crippen LogP contribution in [0.25, 0.3) is 21.9 Å². The van der Waals surface area contributed by atoms with E-state index >= 15 is 0 Å². The molecule has 116 valence electrons. The van der Waals surface area contributed by atoms with E-state index < -0.39 is 11.7 Å². The fraction of sp³-hybridized carbons (Fsp3) is 0.0526. The van der Waals surface area contributed by atoms with Crippen molar-refractivity contribution in [3.8, 4) is 23.3 Å². The molecule has 0 fully saturated rings. The Bertz CT molecular complexity index is 1020. The third-order valence-electron chi connectivity index (χ3n) is 3.76. The van der Waals surface area contributed by atoms with Crippen LogP contribution in [0.2, 0.25) is 0 Å². The summed E-state index contributed by atoms with van der Waals surface area (Å²) in [6, 6.07) is 17.3. The van der Waals surface area contributed by atoms with Crippen LogP contribution in [0.15, 0.2) is 54.6 Å². The summed E-state index contributed by atoms with van der Waals surface area (Å²) in [6.07, 6.45) is -4.48. The number of hydrogen-bond donors (Lipinski definition) is 0. The lowest BCUT2D eigenvalue weighted by atomic mass is 9.90. The molecule has 0 unspecified atom stereocenters. The second-order valence-electron chi connectivity index (χ2n) is 5.20. The number of rotatable bonds is 1. The molecule has 0 amide bonds. The molecule has 0 N–H and O–H groups in total. The first-order valence-electron chi connectivity index (χ1n) is 6.99. The minimum absolute atomic E-state index is 0.0792. The predicted octanol–water partition coefficient (Wildman–Crippen LogP) is 5.27. The van der Waals surface area contributed by atoms with Gasteiger partial charge in [-0.3, -0.25) is 0 Å². The Morgan fingerprint density at radius 1 is 0.833 bits per heavy atom. The van der Waals surface area contributed by atoms with Crippen molar-refractivity contribution in [3.05, 3.63) is 71.3 Å². The van der Waals surface area contributed by atoms with Gasteiger partial charge in [-0.15, -0.1) is 0 Å². The highest BCUT2D eigenvalue weighted by molar-refractivity contribution is 6.01. The van der Waals surface area contributed by atoms with Crippen LogP contribution in [0.1, 0.15) is 16.7 Å². The lowest BCUT2D eigenvalue weighted by Gasteiger charge is -2.13. The van der Waals surface area contributed by atoms with Gasteiger partial charge >= 0.3 is 6.18 Å². The van der Waals surface area contributed by atoms with Crippen molar-refractivity contribution in [2.75, 3.05) is 0 Å². The zero-order valence-corrected chi connectivity index (χ0v) is 12.2. The highest BCUT2D eigenvalue weighted by Crippen LogP contribution is 2.37. The summed E-state index contributed by atoms with van der Waals surface area (Å²) in [5.74, 6) is 0. The maximum atomic E-state index is 13.0. The van der Waals surface area contributed by atoms with Gasteiger partial charge in [0.2, 0.25) is 0 Å². The second kappa shape index (κ2) is 5.72. The summed E-state index contributed by atoms with van der Waals surface area (Å²) < 4.78 is 39.0. The van der Waals surface area contributed by atoms with E-state index in [1.54, 1.807) is 30.3 Å². The molecular formula is C19H9F3N2. The van der Waals surface area contributed by atoms with Crippen LogP contribution in [-0.4, -0.2) is 0 Å². The molecule has 0 saturated carbocycles. The third kappa shape index (κ3) is 2.57. The Hall–Kier alpha value is -3.31. The van der Waals surface area contributed by atoms with Crippen LogP contribution >= 0.6 is 0 Å². The maximum absolute atomic E-state index is 13.0.